The van der Waals surface area contributed by atoms with E-state index in [2.05, 4.69) is 15.0 Å². The minimum Gasteiger partial charge on any atom is -0.298 e. The van der Waals surface area contributed by atoms with Gasteiger partial charge in [-0.2, -0.15) is 0 Å². The van der Waals surface area contributed by atoms with Crippen molar-refractivity contribution in [3.8, 4) is 0 Å². The van der Waals surface area contributed by atoms with Crippen LogP contribution in [0, 0.1) is 0 Å². The summed E-state index contributed by atoms with van der Waals surface area (Å²) in [6.07, 6.45) is 3.41. The van der Waals surface area contributed by atoms with E-state index in [1.807, 2.05) is 24.3 Å². The lowest BCUT2D eigenvalue weighted by atomic mass is 10.1. The molecule has 0 aliphatic carbocycles. The topological polar surface area (TPSA) is 88.2 Å². The van der Waals surface area contributed by atoms with Gasteiger partial charge in [-0.15, -0.1) is 11.3 Å². The van der Waals surface area contributed by atoms with Crippen molar-refractivity contribution in [1.82, 2.24) is 4.98 Å². The highest BCUT2D eigenvalue weighted by molar-refractivity contribution is 7.92. The van der Waals surface area contributed by atoms with Crippen molar-refractivity contribution in [3.63, 3.8) is 0 Å². The van der Waals surface area contributed by atoms with E-state index in [9.17, 15) is 13.2 Å². The predicted molar refractivity (Wildman–Crippen MR) is 109 cm³/mol. The molecule has 1 amide bonds. The number of hydrogen-bond acceptors (Lipinski definition) is 5. The minimum atomic E-state index is -3.35. The molecule has 0 bridgehead atoms. The zero-order valence-electron chi connectivity index (χ0n) is 14.3. The fraction of sp³-hybridized carbons (Fsp3) is 0.111. The van der Waals surface area contributed by atoms with E-state index >= 15 is 0 Å². The predicted octanol–water partition coefficient (Wildman–Crippen LogP) is 4.01. The number of rotatable bonds is 6. The van der Waals surface area contributed by atoms with Gasteiger partial charge in [0.25, 0.3) is 5.91 Å². The molecule has 1 heterocycles. The Kier molecular flexibility index (Phi) is 5.79. The summed E-state index contributed by atoms with van der Waals surface area (Å²) < 4.78 is 24.8. The molecule has 2 aromatic carbocycles. The van der Waals surface area contributed by atoms with Crippen LogP contribution in [0.1, 0.15) is 20.8 Å². The summed E-state index contributed by atoms with van der Waals surface area (Å²) in [5.41, 5.74) is 1.79. The Labute approximate surface area is 166 Å². The molecule has 0 atom stereocenters. The van der Waals surface area contributed by atoms with Crippen LogP contribution in [-0.4, -0.2) is 25.6 Å². The van der Waals surface area contributed by atoms with Crippen LogP contribution in [0.2, 0.25) is 5.02 Å². The van der Waals surface area contributed by atoms with Crippen LogP contribution in [0.25, 0.3) is 0 Å². The van der Waals surface area contributed by atoms with E-state index in [1.165, 1.54) is 23.5 Å². The van der Waals surface area contributed by atoms with Crippen molar-refractivity contribution in [2.45, 2.75) is 6.42 Å². The van der Waals surface area contributed by atoms with Gasteiger partial charge in [0, 0.05) is 33.8 Å². The second-order valence-electron chi connectivity index (χ2n) is 5.81. The van der Waals surface area contributed by atoms with Crippen molar-refractivity contribution in [2.75, 3.05) is 16.3 Å². The van der Waals surface area contributed by atoms with Gasteiger partial charge in [-0.1, -0.05) is 29.8 Å². The van der Waals surface area contributed by atoms with Gasteiger partial charge in [0.15, 0.2) is 5.13 Å². The number of carbonyl (C=O) groups excluding carboxylic acids is 1. The molecule has 0 fully saturated rings. The zero-order chi connectivity index (χ0) is 19.4. The molecule has 3 rings (SSSR count). The Balaban J connectivity index is 1.65. The van der Waals surface area contributed by atoms with Gasteiger partial charge >= 0.3 is 0 Å². The first-order valence-electron chi connectivity index (χ1n) is 7.87. The van der Waals surface area contributed by atoms with Crippen LogP contribution in [-0.2, 0) is 16.4 Å². The first-order valence-corrected chi connectivity index (χ1v) is 11.0. The number of benzene rings is 2. The normalized spacial score (nSPS) is 11.2. The quantitative estimate of drug-likeness (QED) is 0.629. The molecule has 6 nitrogen and oxygen atoms in total. The summed E-state index contributed by atoms with van der Waals surface area (Å²) in [6.45, 7) is 0. The summed E-state index contributed by atoms with van der Waals surface area (Å²) in [6, 6.07) is 13.7. The maximum Gasteiger partial charge on any atom is 0.257 e. The van der Waals surface area contributed by atoms with Crippen molar-refractivity contribution in [3.05, 3.63) is 75.8 Å². The van der Waals surface area contributed by atoms with Crippen LogP contribution in [0.5, 0.6) is 0 Å². The van der Waals surface area contributed by atoms with Crippen LogP contribution >= 0.6 is 22.9 Å². The van der Waals surface area contributed by atoms with Crippen molar-refractivity contribution >= 4 is 49.7 Å². The highest BCUT2D eigenvalue weighted by Crippen LogP contribution is 2.25. The Morgan fingerprint density at radius 3 is 2.52 bits per heavy atom. The van der Waals surface area contributed by atoms with Crippen molar-refractivity contribution in [1.29, 1.82) is 0 Å². The van der Waals surface area contributed by atoms with Crippen molar-refractivity contribution in [2.24, 2.45) is 0 Å². The Bertz CT molecular complexity index is 1060. The molecule has 0 saturated carbocycles. The Hall–Kier alpha value is -2.42. The average molecular weight is 422 g/mol. The van der Waals surface area contributed by atoms with Gasteiger partial charge in [0.05, 0.1) is 6.26 Å². The fourth-order valence-electron chi connectivity index (χ4n) is 2.35. The van der Waals surface area contributed by atoms with Gasteiger partial charge in [-0.3, -0.25) is 14.8 Å². The summed E-state index contributed by atoms with van der Waals surface area (Å²) in [5, 5.41) is 3.92. The third-order valence-electron chi connectivity index (χ3n) is 3.55. The first-order chi connectivity index (χ1) is 12.8. The molecule has 27 heavy (non-hydrogen) atoms. The van der Waals surface area contributed by atoms with E-state index < -0.39 is 10.0 Å². The maximum absolute atomic E-state index is 12.3. The molecule has 0 unspecified atom stereocenters. The third kappa shape index (κ3) is 5.53. The maximum atomic E-state index is 12.3. The molecule has 2 N–H and O–H groups in total. The zero-order valence-corrected chi connectivity index (χ0v) is 16.7. The third-order valence-corrected chi connectivity index (χ3v) is 5.43. The van der Waals surface area contributed by atoms with Crippen molar-refractivity contribution < 1.29 is 13.2 Å². The highest BCUT2D eigenvalue weighted by atomic mass is 35.5. The lowest BCUT2D eigenvalue weighted by Gasteiger charge is -2.05. The van der Waals surface area contributed by atoms with Gasteiger partial charge in [-0.25, -0.2) is 13.4 Å². The number of halogens is 1. The minimum absolute atomic E-state index is 0.320. The lowest BCUT2D eigenvalue weighted by Crippen LogP contribution is -2.12. The van der Waals surface area contributed by atoms with Gasteiger partial charge in [0.1, 0.15) is 0 Å². The number of carbonyl (C=O) groups is 1. The number of anilines is 2. The second-order valence-corrected chi connectivity index (χ2v) is 9.08. The Morgan fingerprint density at radius 2 is 1.85 bits per heavy atom. The highest BCUT2D eigenvalue weighted by Gasteiger charge is 2.11. The molecular formula is C18H16ClN3O3S2. The number of sulfonamides is 1. The van der Waals surface area contributed by atoms with E-state index in [0.717, 1.165) is 16.7 Å². The summed E-state index contributed by atoms with van der Waals surface area (Å²) >= 11 is 7.55. The van der Waals surface area contributed by atoms with E-state index in [-0.39, 0.29) is 5.91 Å². The summed E-state index contributed by atoms with van der Waals surface area (Å²) in [4.78, 5) is 17.5. The molecule has 0 aliphatic rings. The van der Waals surface area contributed by atoms with Crippen LogP contribution in [0.4, 0.5) is 10.8 Å². The molecule has 1 aromatic heterocycles. The summed E-state index contributed by atoms with van der Waals surface area (Å²) in [7, 11) is -3.35. The van der Waals surface area contributed by atoms with Crippen LogP contribution < -0.4 is 10.0 Å². The van der Waals surface area contributed by atoms with Gasteiger partial charge in [0.2, 0.25) is 10.0 Å². The van der Waals surface area contributed by atoms with Crippen LogP contribution in [0.15, 0.2) is 54.7 Å². The molecule has 0 saturated heterocycles. The number of nitrogens with zero attached hydrogens (tertiary/aromatic N) is 1. The van der Waals surface area contributed by atoms with Gasteiger partial charge in [-0.05, 0) is 35.9 Å². The molecule has 140 valence electrons. The first kappa shape index (κ1) is 19.3. The second kappa shape index (κ2) is 8.08. The van der Waals surface area contributed by atoms with E-state index in [0.29, 0.717) is 27.8 Å². The number of amides is 1. The number of hydrogen-bond donors (Lipinski definition) is 2. The Morgan fingerprint density at radius 1 is 1.15 bits per heavy atom. The fourth-order valence-corrected chi connectivity index (χ4v) is 3.95. The SMILES string of the molecule is CS(=O)(=O)Nc1ccc(C(=O)Nc2ncc(Cc3ccccc3Cl)s2)cc1. The molecule has 0 aliphatic heterocycles. The molecular weight excluding hydrogens is 406 g/mol. The average Bonchev–Trinajstić information content (AvgIpc) is 3.03. The number of aromatic nitrogens is 1. The number of nitrogens with one attached hydrogen (secondary N) is 2. The lowest BCUT2D eigenvalue weighted by molar-refractivity contribution is 0.102. The largest absolute Gasteiger partial charge is 0.298 e. The van der Waals surface area contributed by atoms with Gasteiger partial charge < -0.3 is 0 Å². The molecule has 9 heteroatoms. The summed E-state index contributed by atoms with van der Waals surface area (Å²) in [5.74, 6) is -0.320. The molecule has 3 aromatic rings. The standard InChI is InChI=1S/C18H16ClN3O3S2/c1-27(24,25)22-14-8-6-12(7-9-14)17(23)21-18-20-11-15(26-18)10-13-4-2-3-5-16(13)19/h2-9,11,22H,10H2,1H3,(H,20,21,23). The number of thiazole rings is 1. The molecule has 0 spiro atoms. The monoisotopic (exact) mass is 421 g/mol. The van der Waals surface area contributed by atoms with E-state index in [1.54, 1.807) is 18.3 Å². The smallest absolute Gasteiger partial charge is 0.257 e. The molecule has 0 radical (unpaired) electrons. The van der Waals surface area contributed by atoms with E-state index in [4.69, 9.17) is 11.6 Å². The van der Waals surface area contributed by atoms with Crippen LogP contribution in [0.3, 0.4) is 0 Å².